The van der Waals surface area contributed by atoms with Crippen LogP contribution < -0.4 is 15.4 Å². The molecule has 138 valence electrons. The topological polar surface area (TPSA) is 87.4 Å². The maximum Gasteiger partial charge on any atom is 0.256 e. The number of β-amino-alcohol motifs (C(OH)–C–C–N with tert-alkyl or cyclic N) is 1. The molecule has 4 heterocycles. The Morgan fingerprint density at radius 1 is 1.15 bits per heavy atom. The van der Waals surface area contributed by atoms with Gasteiger partial charge in [-0.25, -0.2) is 9.97 Å². The van der Waals surface area contributed by atoms with Gasteiger partial charge in [-0.15, -0.1) is 0 Å². The zero-order chi connectivity index (χ0) is 18.3. The molecule has 0 radical (unpaired) electrons. The maximum atomic E-state index is 12.5. The third-order valence-electron chi connectivity index (χ3n) is 5.34. The Kier molecular flexibility index (Phi) is 4.36. The largest absolute Gasteiger partial charge is 0.391 e. The van der Waals surface area contributed by atoms with E-state index in [4.69, 9.17) is 4.98 Å². The minimum absolute atomic E-state index is 0.0510. The first kappa shape index (κ1) is 17.0. The monoisotopic (exact) mass is 356 g/mol. The van der Waals surface area contributed by atoms with E-state index in [1.165, 1.54) is 0 Å². The summed E-state index contributed by atoms with van der Waals surface area (Å²) in [5.41, 5.74) is 1.75. The van der Waals surface area contributed by atoms with Crippen LogP contribution in [0, 0.1) is 6.92 Å². The fourth-order valence-corrected chi connectivity index (χ4v) is 3.69. The van der Waals surface area contributed by atoms with Crippen LogP contribution in [0.2, 0.25) is 0 Å². The average Bonchev–Trinajstić information content (AvgIpc) is 2.96. The van der Waals surface area contributed by atoms with Crippen molar-refractivity contribution in [1.82, 2.24) is 19.5 Å². The van der Waals surface area contributed by atoms with Crippen LogP contribution in [0.25, 0.3) is 0 Å². The molecule has 0 amide bonds. The first-order valence-electron chi connectivity index (χ1n) is 9.09. The normalized spacial score (nSPS) is 20.2. The summed E-state index contributed by atoms with van der Waals surface area (Å²) in [7, 11) is 1.77. The molecule has 0 aliphatic carbocycles. The number of aliphatic hydroxyl groups excluding tert-OH is 1. The van der Waals surface area contributed by atoms with Gasteiger partial charge in [0, 0.05) is 51.4 Å². The highest BCUT2D eigenvalue weighted by molar-refractivity contribution is 5.45. The van der Waals surface area contributed by atoms with Gasteiger partial charge in [0.25, 0.3) is 5.56 Å². The standard InChI is InChI=1S/C18H24N6O2/c1-12-20-15-6-10-23(9-5-14(15)17(26)22(12)2)18-19-7-3-16(21-18)24-8-4-13(25)11-24/h3,7,13,25H,4-6,8-11H2,1-2H3/t13-/m1/s1. The molecule has 2 aliphatic rings. The van der Waals surface area contributed by atoms with Crippen LogP contribution in [0.15, 0.2) is 17.1 Å². The third-order valence-corrected chi connectivity index (χ3v) is 5.34. The second-order valence-corrected chi connectivity index (χ2v) is 7.04. The molecule has 1 N–H and O–H groups in total. The molecular weight excluding hydrogens is 332 g/mol. The number of hydrogen-bond donors (Lipinski definition) is 1. The summed E-state index contributed by atoms with van der Waals surface area (Å²) in [6.45, 7) is 4.71. The molecule has 26 heavy (non-hydrogen) atoms. The minimum atomic E-state index is -0.286. The highest BCUT2D eigenvalue weighted by Gasteiger charge is 2.24. The van der Waals surface area contributed by atoms with Gasteiger partial charge in [-0.1, -0.05) is 0 Å². The second kappa shape index (κ2) is 6.68. The van der Waals surface area contributed by atoms with Crippen molar-refractivity contribution in [3.05, 3.63) is 39.7 Å². The molecule has 1 fully saturated rings. The van der Waals surface area contributed by atoms with Crippen molar-refractivity contribution in [1.29, 1.82) is 0 Å². The highest BCUT2D eigenvalue weighted by atomic mass is 16.3. The van der Waals surface area contributed by atoms with Crippen molar-refractivity contribution in [2.45, 2.75) is 32.3 Å². The number of hydrogen-bond acceptors (Lipinski definition) is 7. The fraction of sp³-hybridized carbons (Fsp3) is 0.556. The summed E-state index contributed by atoms with van der Waals surface area (Å²) in [6.07, 6.45) is 3.61. The van der Waals surface area contributed by atoms with E-state index in [9.17, 15) is 9.90 Å². The van der Waals surface area contributed by atoms with Crippen molar-refractivity contribution >= 4 is 11.8 Å². The zero-order valence-electron chi connectivity index (χ0n) is 15.2. The van der Waals surface area contributed by atoms with Crippen molar-refractivity contribution in [3.63, 3.8) is 0 Å². The average molecular weight is 356 g/mol. The van der Waals surface area contributed by atoms with Crippen LogP contribution in [0.1, 0.15) is 23.5 Å². The van der Waals surface area contributed by atoms with Crippen LogP contribution in [-0.2, 0) is 19.9 Å². The predicted octanol–water partition coefficient (Wildman–Crippen LogP) is 0.0549. The molecule has 4 rings (SSSR count). The Morgan fingerprint density at radius 3 is 2.73 bits per heavy atom. The Labute approximate surface area is 152 Å². The molecule has 2 aromatic heterocycles. The number of aryl methyl sites for hydroxylation is 1. The molecule has 0 bridgehead atoms. The quantitative estimate of drug-likeness (QED) is 0.814. The van der Waals surface area contributed by atoms with E-state index in [2.05, 4.69) is 19.8 Å². The van der Waals surface area contributed by atoms with Gasteiger partial charge in [-0.3, -0.25) is 9.36 Å². The number of nitrogens with zero attached hydrogens (tertiary/aromatic N) is 6. The molecule has 1 saturated heterocycles. The Balaban J connectivity index is 1.57. The molecule has 2 aromatic rings. The fourth-order valence-electron chi connectivity index (χ4n) is 3.69. The molecule has 8 heteroatoms. The van der Waals surface area contributed by atoms with Crippen LogP contribution in [0.5, 0.6) is 0 Å². The van der Waals surface area contributed by atoms with E-state index in [-0.39, 0.29) is 11.7 Å². The van der Waals surface area contributed by atoms with E-state index in [0.717, 1.165) is 42.4 Å². The van der Waals surface area contributed by atoms with Crippen molar-refractivity contribution in [2.24, 2.45) is 7.05 Å². The van der Waals surface area contributed by atoms with Gasteiger partial charge in [0.15, 0.2) is 0 Å². The third kappa shape index (κ3) is 3.05. The SMILES string of the molecule is Cc1nc2c(c(=O)n1C)CCN(c1nccc(N3CC[C@@H](O)C3)n1)CC2. The van der Waals surface area contributed by atoms with Gasteiger partial charge in [-0.05, 0) is 25.8 Å². The molecule has 0 aromatic carbocycles. The van der Waals surface area contributed by atoms with Crippen LogP contribution >= 0.6 is 0 Å². The van der Waals surface area contributed by atoms with Gasteiger partial charge >= 0.3 is 0 Å². The summed E-state index contributed by atoms with van der Waals surface area (Å²) < 4.78 is 1.62. The molecule has 0 saturated carbocycles. The van der Waals surface area contributed by atoms with Gasteiger partial charge in [0.2, 0.25) is 5.95 Å². The van der Waals surface area contributed by atoms with Crippen LogP contribution in [0.3, 0.4) is 0 Å². The van der Waals surface area contributed by atoms with Crippen molar-refractivity contribution < 1.29 is 5.11 Å². The lowest BCUT2D eigenvalue weighted by molar-refractivity contribution is 0.198. The van der Waals surface area contributed by atoms with Crippen LogP contribution in [-0.4, -0.2) is 56.9 Å². The van der Waals surface area contributed by atoms with E-state index in [1.807, 2.05) is 13.0 Å². The maximum absolute atomic E-state index is 12.5. The lowest BCUT2D eigenvalue weighted by Gasteiger charge is -2.22. The summed E-state index contributed by atoms with van der Waals surface area (Å²) in [6, 6.07) is 1.88. The van der Waals surface area contributed by atoms with Gasteiger partial charge in [-0.2, -0.15) is 4.98 Å². The van der Waals surface area contributed by atoms with Gasteiger partial charge < -0.3 is 14.9 Å². The highest BCUT2D eigenvalue weighted by Crippen LogP contribution is 2.21. The summed E-state index contributed by atoms with van der Waals surface area (Å²) in [5, 5.41) is 9.75. The van der Waals surface area contributed by atoms with Crippen molar-refractivity contribution in [3.8, 4) is 0 Å². The summed E-state index contributed by atoms with van der Waals surface area (Å²) in [5.74, 6) is 2.26. The zero-order valence-corrected chi connectivity index (χ0v) is 15.2. The Morgan fingerprint density at radius 2 is 1.96 bits per heavy atom. The van der Waals surface area contributed by atoms with Gasteiger partial charge in [0.1, 0.15) is 11.6 Å². The number of aliphatic hydroxyl groups is 1. The molecule has 2 aliphatic heterocycles. The molecule has 0 spiro atoms. The number of fused-ring (bicyclic) bond motifs is 1. The van der Waals surface area contributed by atoms with Crippen molar-refractivity contribution in [2.75, 3.05) is 36.0 Å². The summed E-state index contributed by atoms with van der Waals surface area (Å²) >= 11 is 0. The molecule has 8 nitrogen and oxygen atoms in total. The number of aromatic nitrogens is 4. The lowest BCUT2D eigenvalue weighted by Crippen LogP contribution is -2.30. The smallest absolute Gasteiger partial charge is 0.256 e. The first-order chi connectivity index (χ1) is 12.5. The Bertz CT molecular complexity index is 880. The first-order valence-corrected chi connectivity index (χ1v) is 9.09. The van der Waals surface area contributed by atoms with Gasteiger partial charge in [0.05, 0.1) is 11.8 Å². The minimum Gasteiger partial charge on any atom is -0.391 e. The summed E-state index contributed by atoms with van der Waals surface area (Å²) in [4.78, 5) is 30.5. The Hall–Kier alpha value is -2.48. The van der Waals surface area contributed by atoms with E-state index in [0.29, 0.717) is 31.9 Å². The molecule has 1 atom stereocenters. The predicted molar refractivity (Wildman–Crippen MR) is 98.7 cm³/mol. The molecule has 0 unspecified atom stereocenters. The molecular formula is C18H24N6O2. The number of rotatable bonds is 2. The van der Waals surface area contributed by atoms with E-state index in [1.54, 1.807) is 17.8 Å². The van der Waals surface area contributed by atoms with E-state index >= 15 is 0 Å². The van der Waals surface area contributed by atoms with Crippen LogP contribution in [0.4, 0.5) is 11.8 Å². The lowest BCUT2D eigenvalue weighted by atomic mass is 10.1. The second-order valence-electron chi connectivity index (χ2n) is 7.04. The number of anilines is 2. The van der Waals surface area contributed by atoms with E-state index < -0.39 is 0 Å².